The molecule has 13 heteroatoms. The summed E-state index contributed by atoms with van der Waals surface area (Å²) in [5, 5.41) is 22.9. The first-order chi connectivity index (χ1) is 20.5. The lowest BCUT2D eigenvalue weighted by atomic mass is 9.56. The average Bonchev–Trinajstić information content (AvgIpc) is 3.40. The van der Waals surface area contributed by atoms with Gasteiger partial charge >= 0.3 is 11.9 Å². The van der Waals surface area contributed by atoms with Gasteiger partial charge in [0.05, 0.1) is 36.3 Å². The lowest BCUT2D eigenvalue weighted by molar-refractivity contribution is -0.173. The molecule has 2 fully saturated rings. The van der Waals surface area contributed by atoms with Crippen molar-refractivity contribution in [2.75, 3.05) is 41.2 Å². The molecule has 3 N–H and O–H groups in total. The molecule has 11 nitrogen and oxygen atoms in total. The standard InChI is InChI=1S/C30H39BrFNO10/c1-13-8-14(2)30-18(16(10-38-3)28(36)41-24(13)21(34)12-40-5)7-6-15-22(30)23(35)17(11-39-4)25(26(15)43-30)42-29(37)20-9-19(31)27(32)33-20/h6-9,13,15-18,21-26,33-35H,10-12H2,1-5H3/b14-8+/t13-,15-,16-,17-,18-,21-,22+,23-,24+,25-,26-,30+/m1/s1. The first-order valence-electron chi connectivity index (χ1n) is 14.3. The molecule has 4 bridgehead atoms. The van der Waals surface area contributed by atoms with Crippen molar-refractivity contribution >= 4 is 27.9 Å². The van der Waals surface area contributed by atoms with E-state index in [2.05, 4.69) is 20.9 Å². The summed E-state index contributed by atoms with van der Waals surface area (Å²) >= 11 is 3.05. The van der Waals surface area contributed by atoms with Crippen molar-refractivity contribution in [3.05, 3.63) is 46.0 Å². The van der Waals surface area contributed by atoms with Gasteiger partial charge in [-0.2, -0.15) is 4.39 Å². The summed E-state index contributed by atoms with van der Waals surface area (Å²) in [6.45, 7) is 3.75. The number of ether oxygens (including phenoxy) is 6. The molecule has 1 saturated heterocycles. The number of aromatic amines is 1. The minimum atomic E-state index is -1.20. The van der Waals surface area contributed by atoms with Crippen LogP contribution >= 0.6 is 15.9 Å². The number of hydrogen-bond donors (Lipinski definition) is 3. The molecule has 43 heavy (non-hydrogen) atoms. The van der Waals surface area contributed by atoms with Crippen LogP contribution in [0.25, 0.3) is 0 Å². The van der Waals surface area contributed by atoms with Crippen LogP contribution in [0, 0.1) is 41.5 Å². The van der Waals surface area contributed by atoms with Crippen molar-refractivity contribution < 1.29 is 52.6 Å². The van der Waals surface area contributed by atoms with Crippen LogP contribution in [-0.2, 0) is 33.2 Å². The Labute approximate surface area is 257 Å². The van der Waals surface area contributed by atoms with Crippen molar-refractivity contribution in [1.29, 1.82) is 0 Å². The molecule has 1 spiro atoms. The fraction of sp³-hybridized carbons (Fsp3) is 0.667. The summed E-state index contributed by atoms with van der Waals surface area (Å²) in [6.07, 6.45) is 0.987. The van der Waals surface area contributed by atoms with E-state index < -0.39 is 83.6 Å². The number of carbonyl (C=O) groups is 2. The molecule has 2 aliphatic heterocycles. The second kappa shape index (κ2) is 12.7. The molecule has 0 radical (unpaired) electrons. The number of aliphatic hydroxyl groups excluding tert-OH is 2. The maximum atomic E-state index is 14.0. The SMILES string of the molecule is COC[C@@H]1[C@@H](O)[C@@H]2[C@H]3C=C[C@@H]4[C@@H](COC)C(=O)O[C@H]([C@H](O)COC)[C@H](C)/C=C(\C)[C@@]24O[C@H]3[C@@H]1OC(=O)c1cc(Br)c(F)[nH]1. The molecular weight excluding hydrogens is 633 g/mol. The topological polar surface area (TPSA) is 146 Å². The first kappa shape index (κ1) is 32.3. The van der Waals surface area contributed by atoms with Crippen LogP contribution in [0.4, 0.5) is 4.39 Å². The quantitative estimate of drug-likeness (QED) is 0.264. The molecule has 0 aromatic carbocycles. The fourth-order valence-corrected chi connectivity index (χ4v) is 8.03. The van der Waals surface area contributed by atoms with E-state index in [1.807, 2.05) is 32.1 Å². The van der Waals surface area contributed by atoms with Crippen LogP contribution in [0.15, 0.2) is 34.3 Å². The van der Waals surface area contributed by atoms with E-state index in [-0.39, 0.29) is 35.9 Å². The van der Waals surface area contributed by atoms with E-state index in [1.165, 1.54) is 27.4 Å². The summed E-state index contributed by atoms with van der Waals surface area (Å²) in [7, 11) is 4.43. The number of aliphatic hydroxyl groups is 2. The molecule has 2 aliphatic carbocycles. The normalized spacial score (nSPS) is 40.4. The predicted octanol–water partition coefficient (Wildman–Crippen LogP) is 2.41. The zero-order valence-corrected chi connectivity index (χ0v) is 26.3. The smallest absolute Gasteiger partial charge is 0.355 e. The average molecular weight is 673 g/mol. The minimum Gasteiger partial charge on any atom is -0.459 e. The van der Waals surface area contributed by atoms with Crippen LogP contribution in [-0.4, -0.2) is 104 Å². The summed E-state index contributed by atoms with van der Waals surface area (Å²) in [5.41, 5.74) is -0.547. The fourth-order valence-electron chi connectivity index (χ4n) is 7.70. The maximum Gasteiger partial charge on any atom is 0.355 e. The summed E-state index contributed by atoms with van der Waals surface area (Å²) < 4.78 is 49.1. The van der Waals surface area contributed by atoms with Gasteiger partial charge in [-0.1, -0.05) is 25.2 Å². The minimum absolute atomic E-state index is 0.000960. The summed E-state index contributed by atoms with van der Waals surface area (Å²) in [6, 6.07) is 1.29. The first-order valence-corrected chi connectivity index (χ1v) is 15.1. The number of H-pyrrole nitrogens is 1. The number of aromatic nitrogens is 1. The second-order valence-corrected chi connectivity index (χ2v) is 12.8. The third-order valence-electron chi connectivity index (χ3n) is 9.45. The Hall–Kier alpha value is -2.13. The van der Waals surface area contributed by atoms with Crippen LogP contribution in [0.5, 0.6) is 0 Å². The maximum absolute atomic E-state index is 14.0. The van der Waals surface area contributed by atoms with Crippen molar-refractivity contribution in [3.8, 4) is 0 Å². The number of halogens is 2. The van der Waals surface area contributed by atoms with E-state index in [9.17, 15) is 24.2 Å². The predicted molar refractivity (Wildman–Crippen MR) is 152 cm³/mol. The molecule has 0 amide bonds. The Kier molecular flexibility index (Phi) is 9.53. The van der Waals surface area contributed by atoms with E-state index in [1.54, 1.807) is 0 Å². The Bertz CT molecular complexity index is 1250. The third kappa shape index (κ3) is 5.40. The molecule has 5 rings (SSSR count). The van der Waals surface area contributed by atoms with Gasteiger partial charge in [-0.3, -0.25) is 4.79 Å². The number of nitrogens with one attached hydrogen (secondary N) is 1. The molecule has 1 aromatic rings. The largest absolute Gasteiger partial charge is 0.459 e. The van der Waals surface area contributed by atoms with Crippen LogP contribution in [0.3, 0.4) is 0 Å². The van der Waals surface area contributed by atoms with Crippen molar-refractivity contribution in [2.24, 2.45) is 35.5 Å². The highest BCUT2D eigenvalue weighted by atomic mass is 79.9. The van der Waals surface area contributed by atoms with E-state index in [0.29, 0.717) is 0 Å². The molecule has 0 unspecified atom stereocenters. The second-order valence-electron chi connectivity index (χ2n) is 11.9. The Balaban J connectivity index is 1.60. The molecule has 4 aliphatic rings. The summed E-state index contributed by atoms with van der Waals surface area (Å²) in [5.74, 6) is -5.59. The van der Waals surface area contributed by atoms with Gasteiger partial charge in [-0.15, -0.1) is 0 Å². The van der Waals surface area contributed by atoms with Gasteiger partial charge in [0.2, 0.25) is 5.95 Å². The highest BCUT2D eigenvalue weighted by molar-refractivity contribution is 9.10. The van der Waals surface area contributed by atoms with Gasteiger partial charge in [-0.05, 0) is 34.5 Å². The van der Waals surface area contributed by atoms with Crippen LogP contribution < -0.4 is 0 Å². The van der Waals surface area contributed by atoms with E-state index in [0.717, 1.165) is 5.57 Å². The van der Waals surface area contributed by atoms with Gasteiger partial charge in [0.1, 0.15) is 35.7 Å². The molecular formula is C30H39BrFNO10. The molecule has 3 heterocycles. The molecule has 238 valence electrons. The van der Waals surface area contributed by atoms with E-state index in [4.69, 9.17) is 28.4 Å². The van der Waals surface area contributed by atoms with Gasteiger partial charge in [0, 0.05) is 50.9 Å². The van der Waals surface area contributed by atoms with Gasteiger partial charge in [0.25, 0.3) is 0 Å². The number of carbonyl (C=O) groups excluding carboxylic acids is 2. The highest BCUT2D eigenvalue weighted by Gasteiger charge is 2.71. The lowest BCUT2D eigenvalue weighted by Crippen LogP contribution is -2.59. The number of hydrogen-bond acceptors (Lipinski definition) is 10. The number of esters is 2. The van der Waals surface area contributed by atoms with Crippen LogP contribution in [0.1, 0.15) is 24.3 Å². The Morgan fingerprint density at radius 2 is 1.93 bits per heavy atom. The Morgan fingerprint density at radius 3 is 2.56 bits per heavy atom. The zero-order valence-electron chi connectivity index (χ0n) is 24.7. The van der Waals surface area contributed by atoms with Gasteiger partial charge in [0.15, 0.2) is 0 Å². The molecule has 12 atom stereocenters. The monoisotopic (exact) mass is 671 g/mol. The van der Waals surface area contributed by atoms with Gasteiger partial charge < -0.3 is 43.6 Å². The highest BCUT2D eigenvalue weighted by Crippen LogP contribution is 2.62. The van der Waals surface area contributed by atoms with Crippen molar-refractivity contribution in [3.63, 3.8) is 0 Å². The van der Waals surface area contributed by atoms with Crippen molar-refractivity contribution in [2.45, 2.75) is 50.0 Å². The zero-order chi connectivity index (χ0) is 31.2. The number of rotatable bonds is 9. The van der Waals surface area contributed by atoms with Gasteiger partial charge in [-0.25, -0.2) is 4.79 Å². The van der Waals surface area contributed by atoms with Crippen LogP contribution in [0.2, 0.25) is 0 Å². The van der Waals surface area contributed by atoms with Crippen molar-refractivity contribution in [1.82, 2.24) is 4.98 Å². The molecule has 1 saturated carbocycles. The number of cyclic esters (lactones) is 1. The molecule has 1 aromatic heterocycles. The number of methoxy groups -OCH3 is 3. The van der Waals surface area contributed by atoms with E-state index >= 15 is 0 Å². The third-order valence-corrected chi connectivity index (χ3v) is 10.0. The summed E-state index contributed by atoms with van der Waals surface area (Å²) in [4.78, 5) is 29.4. The Morgan fingerprint density at radius 1 is 1.21 bits per heavy atom. The lowest BCUT2D eigenvalue weighted by Gasteiger charge is -2.49.